The molecule has 0 atom stereocenters. The highest BCUT2D eigenvalue weighted by Gasteiger charge is 2.38. The van der Waals surface area contributed by atoms with Gasteiger partial charge in [0, 0.05) is 13.1 Å². The minimum atomic E-state index is -0.929. The first kappa shape index (κ1) is 18.5. The van der Waals surface area contributed by atoms with Crippen LogP contribution >= 0.6 is 0 Å². The number of rotatable bonds is 8. The van der Waals surface area contributed by atoms with Crippen LogP contribution < -0.4 is 10.6 Å². The van der Waals surface area contributed by atoms with Gasteiger partial charge in [0.05, 0.1) is 11.1 Å². The smallest absolute Gasteiger partial charge is 0.335 e. The zero-order chi connectivity index (χ0) is 17.4. The van der Waals surface area contributed by atoms with Crippen LogP contribution in [0.2, 0.25) is 0 Å². The van der Waals surface area contributed by atoms with Crippen molar-refractivity contribution in [2.45, 2.75) is 64.0 Å². The molecule has 0 bridgehead atoms. The van der Waals surface area contributed by atoms with Gasteiger partial charge in [0.15, 0.2) is 0 Å². The fourth-order valence-corrected chi connectivity index (χ4v) is 3.27. The van der Waals surface area contributed by atoms with Crippen molar-refractivity contribution in [1.82, 2.24) is 10.6 Å². The Bertz CT molecular complexity index is 565. The number of carboxylic acids is 1. The van der Waals surface area contributed by atoms with Crippen molar-refractivity contribution in [3.05, 3.63) is 35.4 Å². The summed E-state index contributed by atoms with van der Waals surface area (Å²) in [4.78, 5) is 23.8. The summed E-state index contributed by atoms with van der Waals surface area (Å²) in [5.74, 6) is -0.841. The zero-order valence-electron chi connectivity index (χ0n) is 14.4. The van der Waals surface area contributed by atoms with E-state index >= 15 is 0 Å². The Morgan fingerprint density at radius 1 is 1.21 bits per heavy atom. The lowest BCUT2D eigenvalue weighted by Crippen LogP contribution is -2.57. The van der Waals surface area contributed by atoms with Crippen LogP contribution in [0.15, 0.2) is 24.3 Å². The molecular formula is C19H28N2O3. The molecule has 5 nitrogen and oxygen atoms in total. The van der Waals surface area contributed by atoms with Crippen molar-refractivity contribution < 1.29 is 14.7 Å². The van der Waals surface area contributed by atoms with E-state index in [1.165, 1.54) is 6.42 Å². The summed E-state index contributed by atoms with van der Waals surface area (Å²) in [7, 11) is 0. The van der Waals surface area contributed by atoms with Crippen LogP contribution in [-0.2, 0) is 11.3 Å². The molecule has 1 aliphatic rings. The highest BCUT2D eigenvalue weighted by Crippen LogP contribution is 2.29. The third kappa shape index (κ3) is 4.81. The molecule has 1 aliphatic carbocycles. The number of benzene rings is 1. The van der Waals surface area contributed by atoms with Crippen molar-refractivity contribution in [3.63, 3.8) is 0 Å². The van der Waals surface area contributed by atoms with Gasteiger partial charge in [0.2, 0.25) is 5.91 Å². The number of hydrogen-bond acceptors (Lipinski definition) is 3. The predicted octanol–water partition coefficient (Wildman–Crippen LogP) is 3.09. The summed E-state index contributed by atoms with van der Waals surface area (Å²) in [6, 6.07) is 6.89. The van der Waals surface area contributed by atoms with Gasteiger partial charge in [-0.2, -0.15) is 0 Å². The highest BCUT2D eigenvalue weighted by atomic mass is 16.4. The molecule has 0 unspecified atom stereocenters. The fraction of sp³-hybridized carbons (Fsp3) is 0.579. The normalized spacial score (nSPS) is 16.5. The van der Waals surface area contributed by atoms with E-state index in [1.54, 1.807) is 18.2 Å². The molecule has 132 valence electrons. The molecule has 0 radical (unpaired) electrons. The van der Waals surface area contributed by atoms with Gasteiger partial charge in [-0.1, -0.05) is 44.7 Å². The fourth-order valence-electron chi connectivity index (χ4n) is 3.27. The van der Waals surface area contributed by atoms with E-state index in [4.69, 9.17) is 5.11 Å². The summed E-state index contributed by atoms with van der Waals surface area (Å²) in [6.07, 6.45) is 6.98. The van der Waals surface area contributed by atoms with Crippen LogP contribution in [0.4, 0.5) is 0 Å². The number of unbranched alkanes of at least 4 members (excludes halogenated alkanes) is 1. The Morgan fingerprint density at radius 2 is 1.96 bits per heavy atom. The van der Waals surface area contributed by atoms with E-state index in [0.717, 1.165) is 44.1 Å². The summed E-state index contributed by atoms with van der Waals surface area (Å²) in [6.45, 7) is 3.33. The predicted molar refractivity (Wildman–Crippen MR) is 94.0 cm³/mol. The summed E-state index contributed by atoms with van der Waals surface area (Å²) < 4.78 is 0. The van der Waals surface area contributed by atoms with Crippen molar-refractivity contribution in [2.75, 3.05) is 6.54 Å². The van der Waals surface area contributed by atoms with Gasteiger partial charge >= 0.3 is 5.97 Å². The summed E-state index contributed by atoms with van der Waals surface area (Å²) in [5, 5.41) is 15.6. The number of aromatic carboxylic acids is 1. The van der Waals surface area contributed by atoms with Crippen LogP contribution in [-0.4, -0.2) is 29.1 Å². The number of carbonyl (C=O) groups is 2. The second-order valence-electron chi connectivity index (χ2n) is 6.61. The number of hydrogen-bond donors (Lipinski definition) is 3. The van der Waals surface area contributed by atoms with Crippen LogP contribution in [0.1, 0.15) is 67.8 Å². The van der Waals surface area contributed by atoms with E-state index in [9.17, 15) is 9.59 Å². The third-order valence-electron chi connectivity index (χ3n) is 4.76. The van der Waals surface area contributed by atoms with Crippen molar-refractivity contribution in [1.29, 1.82) is 0 Å². The third-order valence-corrected chi connectivity index (χ3v) is 4.76. The lowest BCUT2D eigenvalue weighted by molar-refractivity contribution is -0.129. The number of nitrogens with one attached hydrogen (secondary N) is 2. The van der Waals surface area contributed by atoms with Gasteiger partial charge in [-0.15, -0.1) is 0 Å². The highest BCUT2D eigenvalue weighted by molar-refractivity contribution is 5.88. The molecule has 1 amide bonds. The van der Waals surface area contributed by atoms with E-state index < -0.39 is 11.5 Å². The largest absolute Gasteiger partial charge is 0.478 e. The Kier molecular flexibility index (Phi) is 6.79. The van der Waals surface area contributed by atoms with E-state index in [2.05, 4.69) is 17.6 Å². The molecule has 1 aromatic carbocycles. The first-order valence-corrected chi connectivity index (χ1v) is 8.93. The van der Waals surface area contributed by atoms with Crippen LogP contribution in [0.3, 0.4) is 0 Å². The second-order valence-corrected chi connectivity index (χ2v) is 6.61. The van der Waals surface area contributed by atoms with Crippen LogP contribution in [0.25, 0.3) is 0 Å². The molecule has 0 saturated heterocycles. The quantitative estimate of drug-likeness (QED) is 0.639. The summed E-state index contributed by atoms with van der Waals surface area (Å²) in [5.41, 5.74) is 0.645. The second kappa shape index (κ2) is 8.83. The van der Waals surface area contributed by atoms with Crippen molar-refractivity contribution >= 4 is 11.9 Å². The van der Waals surface area contributed by atoms with Gasteiger partial charge in [0.1, 0.15) is 0 Å². The number of carboxylic acid groups (broad SMARTS) is 1. The molecular weight excluding hydrogens is 304 g/mol. The Morgan fingerprint density at radius 3 is 2.62 bits per heavy atom. The molecule has 0 aromatic heterocycles. The Hall–Kier alpha value is -1.88. The molecule has 2 rings (SSSR count). The maximum absolute atomic E-state index is 12.7. The molecule has 5 heteroatoms. The van der Waals surface area contributed by atoms with Gasteiger partial charge in [-0.25, -0.2) is 4.79 Å². The average Bonchev–Trinajstić information content (AvgIpc) is 2.61. The number of amides is 1. The zero-order valence-corrected chi connectivity index (χ0v) is 14.4. The van der Waals surface area contributed by atoms with Gasteiger partial charge < -0.3 is 10.4 Å². The number of carbonyl (C=O) groups excluding carboxylic acids is 1. The Balaban J connectivity index is 2.04. The van der Waals surface area contributed by atoms with Crippen molar-refractivity contribution in [2.24, 2.45) is 0 Å². The summed E-state index contributed by atoms with van der Waals surface area (Å²) >= 11 is 0. The minimum Gasteiger partial charge on any atom is -0.478 e. The lowest BCUT2D eigenvalue weighted by Gasteiger charge is -2.37. The molecule has 0 aliphatic heterocycles. The van der Waals surface area contributed by atoms with E-state index in [1.807, 2.05) is 6.07 Å². The van der Waals surface area contributed by atoms with Gasteiger partial charge in [-0.3, -0.25) is 10.1 Å². The molecule has 0 heterocycles. The maximum Gasteiger partial charge on any atom is 0.335 e. The SMILES string of the molecule is CCCCNC(=O)C1(NCc2cccc(C(=O)O)c2)CCCCC1. The topological polar surface area (TPSA) is 78.4 Å². The molecule has 3 N–H and O–H groups in total. The molecule has 1 fully saturated rings. The van der Waals surface area contributed by atoms with Crippen molar-refractivity contribution in [3.8, 4) is 0 Å². The van der Waals surface area contributed by atoms with E-state index in [-0.39, 0.29) is 11.5 Å². The first-order valence-electron chi connectivity index (χ1n) is 8.93. The standard InChI is InChI=1S/C19H28N2O3/c1-2-3-12-20-18(24)19(10-5-4-6-11-19)21-14-15-8-7-9-16(13-15)17(22)23/h7-9,13,21H,2-6,10-12,14H2,1H3,(H,20,24)(H,22,23). The molecule has 24 heavy (non-hydrogen) atoms. The molecule has 1 saturated carbocycles. The van der Waals surface area contributed by atoms with E-state index in [0.29, 0.717) is 13.1 Å². The lowest BCUT2D eigenvalue weighted by atomic mass is 9.80. The van der Waals surface area contributed by atoms with Crippen LogP contribution in [0.5, 0.6) is 0 Å². The van der Waals surface area contributed by atoms with Crippen LogP contribution in [0, 0.1) is 0 Å². The Labute approximate surface area is 143 Å². The molecule has 0 spiro atoms. The minimum absolute atomic E-state index is 0.0880. The average molecular weight is 332 g/mol. The maximum atomic E-state index is 12.7. The van der Waals surface area contributed by atoms with Gasteiger partial charge in [0.25, 0.3) is 0 Å². The van der Waals surface area contributed by atoms with Gasteiger partial charge in [-0.05, 0) is 37.0 Å². The molecule has 1 aromatic rings. The monoisotopic (exact) mass is 332 g/mol. The first-order chi connectivity index (χ1) is 11.6.